The van der Waals surface area contributed by atoms with E-state index in [-0.39, 0.29) is 24.2 Å². The SMILES string of the molecule is COc1cc(/C=C2\CCCN3C2=NC(=O)CC(c2ccccc2)N3c2ccc(F)cc2)ccc1-n1cnc(C)c1. The van der Waals surface area contributed by atoms with Gasteiger partial charge in [-0.1, -0.05) is 36.4 Å². The molecular formula is C32H30FN5O2. The molecule has 0 aliphatic carbocycles. The number of anilines is 1. The number of halogens is 1. The molecule has 1 amide bonds. The number of aromatic nitrogens is 2. The van der Waals surface area contributed by atoms with Gasteiger partial charge >= 0.3 is 0 Å². The molecule has 40 heavy (non-hydrogen) atoms. The maximum atomic E-state index is 13.9. The minimum absolute atomic E-state index is 0.185. The summed E-state index contributed by atoms with van der Waals surface area (Å²) in [6.07, 6.45) is 7.66. The summed E-state index contributed by atoms with van der Waals surface area (Å²) in [4.78, 5) is 22.3. The van der Waals surface area contributed by atoms with Crippen LogP contribution in [0, 0.1) is 12.7 Å². The van der Waals surface area contributed by atoms with E-state index in [1.54, 1.807) is 25.6 Å². The van der Waals surface area contributed by atoms with Crippen molar-refractivity contribution in [2.24, 2.45) is 4.99 Å². The van der Waals surface area contributed by atoms with Gasteiger partial charge in [-0.25, -0.2) is 9.37 Å². The van der Waals surface area contributed by atoms with E-state index < -0.39 is 0 Å². The molecule has 0 N–H and O–H groups in total. The quantitative estimate of drug-likeness (QED) is 0.300. The monoisotopic (exact) mass is 535 g/mol. The molecule has 7 nitrogen and oxygen atoms in total. The summed E-state index contributed by atoms with van der Waals surface area (Å²) in [6, 6.07) is 22.1. The van der Waals surface area contributed by atoms with Gasteiger partial charge in [-0.2, -0.15) is 4.99 Å². The third kappa shape index (κ3) is 5.00. The fourth-order valence-corrected chi connectivity index (χ4v) is 5.46. The summed E-state index contributed by atoms with van der Waals surface area (Å²) in [7, 11) is 1.65. The van der Waals surface area contributed by atoms with Gasteiger partial charge in [0.1, 0.15) is 11.6 Å². The summed E-state index contributed by atoms with van der Waals surface area (Å²) in [5.74, 6) is 0.861. The number of rotatable bonds is 5. The fourth-order valence-electron chi connectivity index (χ4n) is 5.46. The molecule has 0 saturated carbocycles. The van der Waals surface area contributed by atoms with Crippen LogP contribution in [0.4, 0.5) is 10.1 Å². The van der Waals surface area contributed by atoms with Gasteiger partial charge in [0.15, 0.2) is 5.84 Å². The van der Waals surface area contributed by atoms with Crippen molar-refractivity contribution in [1.82, 2.24) is 14.6 Å². The maximum absolute atomic E-state index is 13.9. The van der Waals surface area contributed by atoms with Crippen LogP contribution >= 0.6 is 0 Å². The van der Waals surface area contributed by atoms with Crippen molar-refractivity contribution in [2.75, 3.05) is 18.7 Å². The molecule has 6 rings (SSSR count). The lowest BCUT2D eigenvalue weighted by Crippen LogP contribution is -2.50. The molecule has 1 aromatic heterocycles. The molecule has 8 heteroatoms. The molecular weight excluding hydrogens is 505 g/mol. The number of nitrogens with zero attached hydrogens (tertiary/aromatic N) is 5. The van der Waals surface area contributed by atoms with Crippen molar-refractivity contribution >= 4 is 23.5 Å². The van der Waals surface area contributed by atoms with E-state index in [0.29, 0.717) is 12.4 Å². The van der Waals surface area contributed by atoms with E-state index in [9.17, 15) is 9.18 Å². The van der Waals surface area contributed by atoms with Crippen molar-refractivity contribution in [3.05, 3.63) is 114 Å². The Bertz CT molecular complexity index is 1590. The van der Waals surface area contributed by atoms with Crippen LogP contribution in [0.25, 0.3) is 11.8 Å². The number of carbonyl (C=O) groups is 1. The highest BCUT2D eigenvalue weighted by Gasteiger charge is 2.36. The van der Waals surface area contributed by atoms with E-state index in [0.717, 1.165) is 52.4 Å². The first kappa shape index (κ1) is 25.6. The van der Waals surface area contributed by atoms with Gasteiger partial charge in [0, 0.05) is 12.7 Å². The van der Waals surface area contributed by atoms with Crippen molar-refractivity contribution in [3.8, 4) is 11.4 Å². The third-order valence-corrected chi connectivity index (χ3v) is 7.31. The minimum Gasteiger partial charge on any atom is -0.495 e. The zero-order valence-corrected chi connectivity index (χ0v) is 22.5. The number of aliphatic imine (C=N–C) groups is 1. The molecule has 1 unspecified atom stereocenters. The number of amides is 1. The van der Waals surface area contributed by atoms with Crippen molar-refractivity contribution in [3.63, 3.8) is 0 Å². The molecule has 1 saturated heterocycles. The first-order chi connectivity index (χ1) is 19.5. The smallest absolute Gasteiger partial charge is 0.250 e. The predicted molar refractivity (Wildman–Crippen MR) is 154 cm³/mol. The molecule has 0 bridgehead atoms. The van der Waals surface area contributed by atoms with Crippen LogP contribution in [0.1, 0.15) is 42.1 Å². The number of hydrogen-bond acceptors (Lipinski definition) is 5. The van der Waals surface area contributed by atoms with Gasteiger partial charge in [-0.3, -0.25) is 14.8 Å². The van der Waals surface area contributed by atoms with Gasteiger partial charge in [0.2, 0.25) is 5.91 Å². The maximum Gasteiger partial charge on any atom is 0.250 e. The number of imidazole rings is 1. The van der Waals surface area contributed by atoms with Gasteiger partial charge in [-0.05, 0) is 78.9 Å². The van der Waals surface area contributed by atoms with Gasteiger partial charge < -0.3 is 9.30 Å². The zero-order valence-electron chi connectivity index (χ0n) is 22.5. The molecule has 3 aromatic carbocycles. The first-order valence-electron chi connectivity index (χ1n) is 13.4. The number of carbonyl (C=O) groups excluding carboxylic acids is 1. The molecule has 1 fully saturated rings. The second-order valence-corrected chi connectivity index (χ2v) is 10.0. The standard InChI is InChI=1S/C32H30FN5O2/c1-22-20-36(21-34-22)28-15-10-23(18-30(28)40-2)17-25-9-6-16-37-32(25)35-31(39)19-29(24-7-4-3-5-8-24)38(37)27-13-11-26(33)12-14-27/h3-5,7-8,10-15,17-18,20-21,29H,6,9,16,19H2,1-2H3/b25-17+. The highest BCUT2D eigenvalue weighted by molar-refractivity contribution is 6.09. The Labute approximate surface area is 232 Å². The molecule has 1 atom stereocenters. The number of methoxy groups -OCH3 is 1. The lowest BCUT2D eigenvalue weighted by Gasteiger charge is -2.44. The van der Waals surface area contributed by atoms with Crippen LogP contribution in [0.15, 0.2) is 95.9 Å². The number of hydrazine groups is 1. The Balaban J connectivity index is 1.41. The molecule has 0 radical (unpaired) electrons. The third-order valence-electron chi connectivity index (χ3n) is 7.31. The average molecular weight is 536 g/mol. The van der Waals surface area contributed by atoms with Crippen LogP contribution in [0.5, 0.6) is 5.75 Å². The average Bonchev–Trinajstić information content (AvgIpc) is 3.34. The van der Waals surface area contributed by atoms with E-state index in [1.165, 1.54) is 12.1 Å². The molecule has 0 spiro atoms. The number of ether oxygens (including phenoxy) is 1. The number of hydrogen-bond donors (Lipinski definition) is 0. The van der Waals surface area contributed by atoms with Crippen LogP contribution in [-0.4, -0.2) is 40.0 Å². The van der Waals surface area contributed by atoms with E-state index in [1.807, 2.05) is 66.2 Å². The summed E-state index contributed by atoms with van der Waals surface area (Å²) >= 11 is 0. The second kappa shape index (κ2) is 10.8. The summed E-state index contributed by atoms with van der Waals surface area (Å²) in [5, 5.41) is 4.20. The molecule has 202 valence electrons. The van der Waals surface area contributed by atoms with E-state index in [4.69, 9.17) is 4.74 Å². The second-order valence-electron chi connectivity index (χ2n) is 10.0. The molecule has 4 aromatic rings. The molecule has 3 heterocycles. The summed E-state index contributed by atoms with van der Waals surface area (Å²) in [6.45, 7) is 2.63. The van der Waals surface area contributed by atoms with Crippen molar-refractivity contribution in [2.45, 2.75) is 32.2 Å². The molecule has 2 aliphatic heterocycles. The number of piperidine rings is 1. The Morgan fingerprint density at radius 2 is 1.85 bits per heavy atom. The number of fused-ring (bicyclic) bond motifs is 1. The first-order valence-corrected chi connectivity index (χ1v) is 13.4. The van der Waals surface area contributed by atoms with E-state index in [2.05, 4.69) is 26.1 Å². The number of benzene rings is 3. The lowest BCUT2D eigenvalue weighted by atomic mass is 10.00. The minimum atomic E-state index is -0.303. The largest absolute Gasteiger partial charge is 0.495 e. The highest BCUT2D eigenvalue weighted by Crippen LogP contribution is 2.37. The van der Waals surface area contributed by atoms with Crippen molar-refractivity contribution < 1.29 is 13.9 Å². The highest BCUT2D eigenvalue weighted by atomic mass is 19.1. The lowest BCUT2D eigenvalue weighted by molar-refractivity contribution is -0.118. The van der Waals surface area contributed by atoms with E-state index >= 15 is 0 Å². The fraction of sp³-hybridized carbons (Fsp3) is 0.219. The zero-order chi connectivity index (χ0) is 27.6. The van der Waals surface area contributed by atoms with Crippen LogP contribution in [-0.2, 0) is 4.79 Å². The Morgan fingerprint density at radius 1 is 1.05 bits per heavy atom. The normalized spacial score (nSPS) is 18.4. The number of amidine groups is 1. The van der Waals surface area contributed by atoms with Crippen LogP contribution in [0.3, 0.4) is 0 Å². The van der Waals surface area contributed by atoms with Crippen LogP contribution < -0.4 is 9.75 Å². The van der Waals surface area contributed by atoms with Crippen LogP contribution in [0.2, 0.25) is 0 Å². The topological polar surface area (TPSA) is 63.0 Å². The summed E-state index contributed by atoms with van der Waals surface area (Å²) in [5.41, 5.74) is 5.54. The van der Waals surface area contributed by atoms with Gasteiger partial charge in [0.25, 0.3) is 0 Å². The van der Waals surface area contributed by atoms with Crippen molar-refractivity contribution in [1.29, 1.82) is 0 Å². The Kier molecular flexibility index (Phi) is 6.90. The van der Waals surface area contributed by atoms with Gasteiger partial charge in [-0.15, -0.1) is 0 Å². The summed E-state index contributed by atoms with van der Waals surface area (Å²) < 4.78 is 21.6. The Hall–Kier alpha value is -4.72. The number of aryl methyl sites for hydroxylation is 1. The van der Waals surface area contributed by atoms with Gasteiger partial charge in [0.05, 0.1) is 43.0 Å². The predicted octanol–water partition coefficient (Wildman–Crippen LogP) is 6.30. The molecule has 2 aliphatic rings. The Morgan fingerprint density at radius 3 is 2.58 bits per heavy atom.